The van der Waals surface area contributed by atoms with Gasteiger partial charge in [0.1, 0.15) is 0 Å². The van der Waals surface area contributed by atoms with E-state index in [1.165, 1.54) is 5.39 Å². The molecule has 2 rings (SSSR count). The normalized spacial score (nSPS) is 10.8. The van der Waals surface area contributed by atoms with Gasteiger partial charge in [-0.2, -0.15) is 0 Å². The number of hydrogen-bond acceptors (Lipinski definition) is 2. The lowest BCUT2D eigenvalue weighted by Crippen LogP contribution is -1.99. The Hall–Kier alpha value is -1.35. The molecule has 0 aliphatic heterocycles. The molecular formula is C9H10N2O. The SMILES string of the molecule is OCCn1ccc2ccncc21. The van der Waals surface area contributed by atoms with Crippen molar-refractivity contribution in [2.24, 2.45) is 0 Å². The van der Waals surface area contributed by atoms with Gasteiger partial charge in [-0.05, 0) is 12.1 Å². The fourth-order valence-corrected chi connectivity index (χ4v) is 1.33. The minimum absolute atomic E-state index is 0.165. The maximum atomic E-state index is 8.76. The number of aliphatic hydroxyl groups excluding tert-OH is 1. The maximum Gasteiger partial charge on any atom is 0.0667 e. The summed E-state index contributed by atoms with van der Waals surface area (Å²) in [5, 5.41) is 9.92. The highest BCUT2D eigenvalue weighted by Crippen LogP contribution is 2.12. The molecule has 3 heteroatoms. The number of fused-ring (bicyclic) bond motifs is 1. The van der Waals surface area contributed by atoms with Gasteiger partial charge in [-0.25, -0.2) is 0 Å². The molecule has 0 aliphatic carbocycles. The lowest BCUT2D eigenvalue weighted by molar-refractivity contribution is 0.278. The second-order valence-corrected chi connectivity index (χ2v) is 2.67. The largest absolute Gasteiger partial charge is 0.395 e. The fourth-order valence-electron chi connectivity index (χ4n) is 1.33. The Morgan fingerprint density at radius 1 is 1.42 bits per heavy atom. The van der Waals surface area contributed by atoms with Gasteiger partial charge in [-0.1, -0.05) is 0 Å². The van der Waals surface area contributed by atoms with Crippen molar-refractivity contribution < 1.29 is 5.11 Å². The summed E-state index contributed by atoms with van der Waals surface area (Å²) in [7, 11) is 0. The van der Waals surface area contributed by atoms with E-state index in [0.717, 1.165) is 5.52 Å². The van der Waals surface area contributed by atoms with Crippen molar-refractivity contribution in [3.8, 4) is 0 Å². The summed E-state index contributed by atoms with van der Waals surface area (Å²) in [6.07, 6.45) is 5.54. The number of rotatable bonds is 2. The molecule has 2 aromatic heterocycles. The highest BCUT2D eigenvalue weighted by atomic mass is 16.3. The number of hydrogen-bond donors (Lipinski definition) is 1. The smallest absolute Gasteiger partial charge is 0.0667 e. The summed E-state index contributed by atoms with van der Waals surface area (Å²) in [4.78, 5) is 4.03. The first-order valence-electron chi connectivity index (χ1n) is 3.91. The average Bonchev–Trinajstić information content (AvgIpc) is 2.50. The van der Waals surface area contributed by atoms with Crippen LogP contribution in [-0.4, -0.2) is 21.3 Å². The van der Waals surface area contributed by atoms with Gasteiger partial charge in [0.2, 0.25) is 0 Å². The molecule has 0 amide bonds. The molecule has 3 nitrogen and oxygen atoms in total. The van der Waals surface area contributed by atoms with Gasteiger partial charge in [-0.3, -0.25) is 4.98 Å². The quantitative estimate of drug-likeness (QED) is 0.716. The molecule has 0 fully saturated rings. The molecule has 2 heterocycles. The zero-order chi connectivity index (χ0) is 8.39. The van der Waals surface area contributed by atoms with Crippen LogP contribution < -0.4 is 0 Å². The van der Waals surface area contributed by atoms with Crippen molar-refractivity contribution in [3.05, 3.63) is 30.7 Å². The number of nitrogens with zero attached hydrogens (tertiary/aromatic N) is 2. The summed E-state index contributed by atoms with van der Waals surface area (Å²) in [5.41, 5.74) is 1.08. The van der Waals surface area contributed by atoms with Crippen LogP contribution in [0.4, 0.5) is 0 Å². The van der Waals surface area contributed by atoms with Crippen LogP contribution in [0, 0.1) is 0 Å². The van der Waals surface area contributed by atoms with Gasteiger partial charge in [0, 0.05) is 24.3 Å². The van der Waals surface area contributed by atoms with Crippen LogP contribution in [0.2, 0.25) is 0 Å². The first-order chi connectivity index (χ1) is 5.92. The van der Waals surface area contributed by atoms with Crippen LogP contribution in [0.15, 0.2) is 30.7 Å². The Balaban J connectivity index is 2.55. The molecule has 0 aromatic carbocycles. The summed E-state index contributed by atoms with van der Waals surface area (Å²) >= 11 is 0. The summed E-state index contributed by atoms with van der Waals surface area (Å²) in [6.45, 7) is 0.799. The van der Waals surface area contributed by atoms with E-state index in [-0.39, 0.29) is 6.61 Å². The predicted octanol–water partition coefficient (Wildman–Crippen LogP) is 1.03. The van der Waals surface area contributed by atoms with Crippen molar-refractivity contribution in [1.29, 1.82) is 0 Å². The lowest BCUT2D eigenvalue weighted by atomic mass is 10.3. The standard InChI is InChI=1S/C9H10N2O/c12-6-5-11-4-2-8-1-3-10-7-9(8)11/h1-4,7,12H,5-6H2. The Labute approximate surface area is 70.3 Å². The fraction of sp³-hybridized carbons (Fsp3) is 0.222. The molecule has 0 aliphatic rings. The second-order valence-electron chi connectivity index (χ2n) is 2.67. The molecule has 0 spiro atoms. The number of aromatic nitrogens is 2. The van der Waals surface area contributed by atoms with E-state index in [1.54, 1.807) is 6.20 Å². The van der Waals surface area contributed by atoms with Crippen LogP contribution in [0.3, 0.4) is 0 Å². The molecule has 0 unspecified atom stereocenters. The van der Waals surface area contributed by atoms with Gasteiger partial charge >= 0.3 is 0 Å². The van der Waals surface area contributed by atoms with E-state index in [4.69, 9.17) is 5.11 Å². The summed E-state index contributed by atoms with van der Waals surface area (Å²) < 4.78 is 1.99. The zero-order valence-corrected chi connectivity index (χ0v) is 6.64. The van der Waals surface area contributed by atoms with Gasteiger partial charge in [-0.15, -0.1) is 0 Å². The van der Waals surface area contributed by atoms with Crippen molar-refractivity contribution in [2.75, 3.05) is 6.61 Å². The Morgan fingerprint density at radius 2 is 2.33 bits per heavy atom. The molecule has 0 bridgehead atoms. The third kappa shape index (κ3) is 1.08. The molecular weight excluding hydrogens is 152 g/mol. The first kappa shape index (κ1) is 7.31. The van der Waals surface area contributed by atoms with Gasteiger partial charge in [0.05, 0.1) is 18.3 Å². The van der Waals surface area contributed by atoms with Crippen LogP contribution >= 0.6 is 0 Å². The van der Waals surface area contributed by atoms with Crippen LogP contribution in [0.1, 0.15) is 0 Å². The molecule has 0 saturated carbocycles. The first-order valence-corrected chi connectivity index (χ1v) is 3.91. The summed E-state index contributed by atoms with van der Waals surface area (Å²) in [6, 6.07) is 3.98. The molecule has 0 radical (unpaired) electrons. The van der Waals surface area contributed by atoms with Gasteiger partial charge in [0.15, 0.2) is 0 Å². The van der Waals surface area contributed by atoms with E-state index in [2.05, 4.69) is 4.98 Å². The monoisotopic (exact) mass is 162 g/mol. The molecule has 2 aromatic rings. The molecule has 1 N–H and O–H groups in total. The van der Waals surface area contributed by atoms with Gasteiger partial charge in [0.25, 0.3) is 0 Å². The van der Waals surface area contributed by atoms with E-state index in [0.29, 0.717) is 6.54 Å². The predicted molar refractivity (Wildman–Crippen MR) is 46.8 cm³/mol. The van der Waals surface area contributed by atoms with Crippen molar-refractivity contribution in [1.82, 2.24) is 9.55 Å². The van der Waals surface area contributed by atoms with Crippen molar-refractivity contribution >= 4 is 10.9 Å². The topological polar surface area (TPSA) is 38.0 Å². The minimum atomic E-state index is 0.165. The maximum absolute atomic E-state index is 8.76. The van der Waals surface area contributed by atoms with Crippen molar-refractivity contribution in [2.45, 2.75) is 6.54 Å². The molecule has 0 atom stereocenters. The third-order valence-corrected chi connectivity index (χ3v) is 1.92. The van der Waals surface area contributed by atoms with Crippen molar-refractivity contribution in [3.63, 3.8) is 0 Å². The highest BCUT2D eigenvalue weighted by molar-refractivity contribution is 5.78. The number of pyridine rings is 1. The Kier molecular flexibility index (Phi) is 1.80. The lowest BCUT2D eigenvalue weighted by Gasteiger charge is -2.00. The average molecular weight is 162 g/mol. The zero-order valence-electron chi connectivity index (χ0n) is 6.64. The highest BCUT2D eigenvalue weighted by Gasteiger charge is 1.97. The van der Waals surface area contributed by atoms with E-state index in [1.807, 2.05) is 29.1 Å². The van der Waals surface area contributed by atoms with Gasteiger partial charge < -0.3 is 9.67 Å². The minimum Gasteiger partial charge on any atom is -0.395 e. The second kappa shape index (κ2) is 2.95. The third-order valence-electron chi connectivity index (χ3n) is 1.92. The van der Waals surface area contributed by atoms with E-state index in [9.17, 15) is 0 Å². The van der Waals surface area contributed by atoms with E-state index < -0.39 is 0 Å². The molecule has 0 saturated heterocycles. The Bertz CT molecular complexity index is 381. The molecule has 12 heavy (non-hydrogen) atoms. The van der Waals surface area contributed by atoms with Crippen LogP contribution in [-0.2, 0) is 6.54 Å². The molecule has 62 valence electrons. The summed E-state index contributed by atoms with van der Waals surface area (Å²) in [5.74, 6) is 0. The number of aliphatic hydroxyl groups is 1. The van der Waals surface area contributed by atoms with Crippen LogP contribution in [0.25, 0.3) is 10.9 Å². The van der Waals surface area contributed by atoms with Crippen LogP contribution in [0.5, 0.6) is 0 Å². The Morgan fingerprint density at radius 3 is 3.17 bits per heavy atom. The van der Waals surface area contributed by atoms with E-state index >= 15 is 0 Å².